The summed E-state index contributed by atoms with van der Waals surface area (Å²) in [5, 5.41) is 6.42. The zero-order chi connectivity index (χ0) is 16.7. The molecule has 0 aliphatic carbocycles. The van der Waals surface area contributed by atoms with Gasteiger partial charge in [-0.25, -0.2) is 0 Å². The van der Waals surface area contributed by atoms with Crippen molar-refractivity contribution in [1.82, 2.24) is 5.16 Å². The maximum Gasteiger partial charge on any atom is 0.266 e. The van der Waals surface area contributed by atoms with Gasteiger partial charge in [-0.2, -0.15) is 0 Å². The highest BCUT2D eigenvalue weighted by molar-refractivity contribution is 5.93. The maximum absolute atomic E-state index is 12.2. The Morgan fingerprint density at radius 3 is 2.52 bits per heavy atom. The minimum atomic E-state index is -0.602. The largest absolute Gasteiger partial charge is 0.494 e. The lowest BCUT2D eigenvalue weighted by Crippen LogP contribution is -2.32. The third kappa shape index (κ3) is 5.02. The van der Waals surface area contributed by atoms with Crippen LogP contribution in [-0.2, 0) is 4.79 Å². The van der Waals surface area contributed by atoms with E-state index in [1.165, 1.54) is 0 Å². The molecule has 0 saturated carbocycles. The molecule has 1 atom stereocenters. The van der Waals surface area contributed by atoms with Gasteiger partial charge in [-0.05, 0) is 44.0 Å². The Kier molecular flexibility index (Phi) is 6.02. The van der Waals surface area contributed by atoms with Crippen LogP contribution in [0, 0.1) is 6.92 Å². The summed E-state index contributed by atoms with van der Waals surface area (Å²) in [4.78, 5) is 12.2. The molecular formula is C17H22N2O4. The quantitative estimate of drug-likeness (QED) is 0.805. The van der Waals surface area contributed by atoms with Crippen LogP contribution in [0.15, 0.2) is 34.9 Å². The molecule has 2 rings (SSSR count). The molecule has 0 radical (unpaired) electrons. The zero-order valence-electron chi connectivity index (χ0n) is 13.7. The number of nitrogens with one attached hydrogen (secondary N) is 1. The molecule has 0 saturated heterocycles. The average molecular weight is 318 g/mol. The molecule has 0 bridgehead atoms. The summed E-state index contributed by atoms with van der Waals surface area (Å²) in [5.41, 5.74) is 0. The lowest BCUT2D eigenvalue weighted by atomic mass is 10.2. The zero-order valence-corrected chi connectivity index (χ0v) is 13.7. The molecule has 1 N–H and O–H groups in total. The summed E-state index contributed by atoms with van der Waals surface area (Å²) in [5.74, 6) is 2.17. The van der Waals surface area contributed by atoms with Crippen LogP contribution in [0.25, 0.3) is 0 Å². The number of rotatable bonds is 8. The molecule has 0 spiro atoms. The van der Waals surface area contributed by atoms with Crippen LogP contribution in [0.5, 0.6) is 11.5 Å². The summed E-state index contributed by atoms with van der Waals surface area (Å²) in [6.45, 7) is 6.38. The van der Waals surface area contributed by atoms with Gasteiger partial charge in [-0.3, -0.25) is 4.79 Å². The van der Waals surface area contributed by atoms with Gasteiger partial charge in [0.05, 0.1) is 6.61 Å². The monoisotopic (exact) mass is 318 g/mol. The normalized spacial score (nSPS) is 11.8. The van der Waals surface area contributed by atoms with E-state index in [4.69, 9.17) is 14.0 Å². The van der Waals surface area contributed by atoms with Gasteiger partial charge in [0, 0.05) is 6.07 Å². The highest BCUT2D eigenvalue weighted by atomic mass is 16.5. The van der Waals surface area contributed by atoms with Crippen LogP contribution in [0.4, 0.5) is 5.82 Å². The van der Waals surface area contributed by atoms with Crippen molar-refractivity contribution in [1.29, 1.82) is 0 Å². The standard InChI is InChI=1S/C17H22N2O4/c1-4-10-21-13-6-8-14(9-7-13)22-15(5-2)17(20)18-16-11-12(3)23-19-16/h6-9,11,15H,4-5,10H2,1-3H3,(H,18,19,20)/t15-/m1/s1. The van der Waals surface area contributed by atoms with E-state index in [1.807, 2.05) is 19.1 Å². The van der Waals surface area contributed by atoms with E-state index in [9.17, 15) is 4.79 Å². The van der Waals surface area contributed by atoms with E-state index >= 15 is 0 Å². The van der Waals surface area contributed by atoms with Crippen molar-refractivity contribution < 1.29 is 18.8 Å². The van der Waals surface area contributed by atoms with E-state index < -0.39 is 6.10 Å². The number of aryl methyl sites for hydroxylation is 1. The molecule has 0 unspecified atom stereocenters. The van der Waals surface area contributed by atoms with E-state index in [-0.39, 0.29) is 5.91 Å². The first-order chi connectivity index (χ1) is 11.1. The van der Waals surface area contributed by atoms with Gasteiger partial charge in [0.1, 0.15) is 17.3 Å². The van der Waals surface area contributed by atoms with Crippen LogP contribution in [0.3, 0.4) is 0 Å². The van der Waals surface area contributed by atoms with Crippen molar-refractivity contribution in [3.05, 3.63) is 36.1 Å². The molecule has 1 aromatic heterocycles. The number of carbonyl (C=O) groups is 1. The van der Waals surface area contributed by atoms with Crippen molar-refractivity contribution in [3.63, 3.8) is 0 Å². The Labute approximate surface area is 135 Å². The number of nitrogens with zero attached hydrogens (tertiary/aromatic N) is 1. The first-order valence-corrected chi connectivity index (χ1v) is 7.76. The lowest BCUT2D eigenvalue weighted by molar-refractivity contribution is -0.122. The van der Waals surface area contributed by atoms with E-state index in [0.29, 0.717) is 30.4 Å². The maximum atomic E-state index is 12.2. The summed E-state index contributed by atoms with van der Waals surface area (Å²) < 4.78 is 16.2. The summed E-state index contributed by atoms with van der Waals surface area (Å²) in [7, 11) is 0. The molecule has 124 valence electrons. The molecule has 0 aliphatic rings. The highest BCUT2D eigenvalue weighted by Crippen LogP contribution is 2.20. The number of hydrogen-bond donors (Lipinski definition) is 1. The molecule has 2 aromatic rings. The average Bonchev–Trinajstić information content (AvgIpc) is 2.96. The fraction of sp³-hybridized carbons (Fsp3) is 0.412. The Balaban J connectivity index is 1.94. The van der Waals surface area contributed by atoms with Gasteiger partial charge in [0.25, 0.3) is 5.91 Å². The Bertz CT molecular complexity index is 622. The van der Waals surface area contributed by atoms with Crippen LogP contribution >= 0.6 is 0 Å². The highest BCUT2D eigenvalue weighted by Gasteiger charge is 2.19. The van der Waals surface area contributed by atoms with Gasteiger partial charge >= 0.3 is 0 Å². The number of amides is 1. The topological polar surface area (TPSA) is 73.6 Å². The van der Waals surface area contributed by atoms with Crippen LogP contribution < -0.4 is 14.8 Å². The van der Waals surface area contributed by atoms with Gasteiger partial charge < -0.3 is 19.3 Å². The number of anilines is 1. The van der Waals surface area contributed by atoms with Gasteiger partial charge in [0.2, 0.25) is 0 Å². The van der Waals surface area contributed by atoms with Crippen molar-refractivity contribution in [2.24, 2.45) is 0 Å². The Morgan fingerprint density at radius 1 is 1.26 bits per heavy atom. The van der Waals surface area contributed by atoms with Crippen molar-refractivity contribution >= 4 is 11.7 Å². The first kappa shape index (κ1) is 16.9. The predicted molar refractivity (Wildman–Crippen MR) is 86.8 cm³/mol. The smallest absolute Gasteiger partial charge is 0.266 e. The number of carbonyl (C=O) groups excluding carboxylic acids is 1. The summed E-state index contributed by atoms with van der Waals surface area (Å²) in [6, 6.07) is 8.90. The molecule has 0 aliphatic heterocycles. The molecule has 1 amide bonds. The van der Waals surface area contributed by atoms with Gasteiger partial charge in [-0.15, -0.1) is 0 Å². The first-order valence-electron chi connectivity index (χ1n) is 7.76. The van der Waals surface area contributed by atoms with Crippen LogP contribution in [0.2, 0.25) is 0 Å². The molecule has 23 heavy (non-hydrogen) atoms. The van der Waals surface area contributed by atoms with Crippen LogP contribution in [-0.4, -0.2) is 23.8 Å². The second kappa shape index (κ2) is 8.22. The van der Waals surface area contributed by atoms with Crippen molar-refractivity contribution in [3.8, 4) is 11.5 Å². The number of aromatic nitrogens is 1. The lowest BCUT2D eigenvalue weighted by Gasteiger charge is -2.16. The predicted octanol–water partition coefficient (Wildman–Crippen LogP) is 3.57. The van der Waals surface area contributed by atoms with Crippen molar-refractivity contribution in [2.45, 2.75) is 39.7 Å². The summed E-state index contributed by atoms with van der Waals surface area (Å²) >= 11 is 0. The molecule has 1 heterocycles. The molecular weight excluding hydrogens is 296 g/mol. The number of benzene rings is 1. The molecule has 1 aromatic carbocycles. The summed E-state index contributed by atoms with van der Waals surface area (Å²) in [6.07, 6.45) is 0.892. The fourth-order valence-electron chi connectivity index (χ4n) is 1.95. The van der Waals surface area contributed by atoms with E-state index in [0.717, 1.165) is 12.2 Å². The third-order valence-corrected chi connectivity index (χ3v) is 3.12. The van der Waals surface area contributed by atoms with E-state index in [1.54, 1.807) is 25.1 Å². The molecule has 0 fully saturated rings. The number of ether oxygens (including phenoxy) is 2. The fourth-order valence-corrected chi connectivity index (χ4v) is 1.95. The number of hydrogen-bond acceptors (Lipinski definition) is 5. The third-order valence-electron chi connectivity index (χ3n) is 3.12. The Morgan fingerprint density at radius 2 is 1.96 bits per heavy atom. The second-order valence-corrected chi connectivity index (χ2v) is 5.15. The van der Waals surface area contributed by atoms with Crippen LogP contribution in [0.1, 0.15) is 32.4 Å². The van der Waals surface area contributed by atoms with E-state index in [2.05, 4.69) is 17.4 Å². The molecule has 6 heteroatoms. The van der Waals surface area contributed by atoms with Crippen molar-refractivity contribution in [2.75, 3.05) is 11.9 Å². The van der Waals surface area contributed by atoms with Gasteiger partial charge in [0.15, 0.2) is 11.9 Å². The Hall–Kier alpha value is -2.50. The SMILES string of the molecule is CCCOc1ccc(O[C@H](CC)C(=O)Nc2cc(C)on2)cc1. The minimum absolute atomic E-state index is 0.257. The second-order valence-electron chi connectivity index (χ2n) is 5.15. The minimum Gasteiger partial charge on any atom is -0.494 e. The van der Waals surface area contributed by atoms with Gasteiger partial charge in [-0.1, -0.05) is 19.0 Å². The molecule has 6 nitrogen and oxygen atoms in total.